The molecule has 0 aromatic heterocycles. The Balaban J connectivity index is 0.000000168. The molecule has 37 heavy (non-hydrogen) atoms. The van der Waals surface area contributed by atoms with Crippen LogP contribution >= 0.6 is 15.8 Å². The highest BCUT2D eigenvalue weighted by Gasteiger charge is 2.11. The van der Waals surface area contributed by atoms with Gasteiger partial charge in [-0.2, -0.15) is 47.0 Å². The van der Waals surface area contributed by atoms with Crippen molar-refractivity contribution in [2.75, 3.05) is 0 Å². The molecule has 0 aliphatic carbocycles. The standard InChI is InChI=1S/2C17H14P.ClH/c2*1-3-9-15(10-4-1)18(17-13-7-8-14-17)16-11-5-2-6-12-16;/h2*1-14H;1H/q2*-1;/p-1. The van der Waals surface area contributed by atoms with E-state index < -0.39 is 15.8 Å². The Morgan fingerprint density at radius 2 is 0.595 bits per heavy atom. The minimum atomic E-state index is -0.409. The average molecular weight is 534 g/mol. The SMILES string of the molecule is [Cl-].c1ccc(P(c2ccccc2)c2cc[cH-]c2)cc1.c1ccc(P(c2ccccc2)c2cc[cH-]c2)cc1. The maximum atomic E-state index is 2.23. The summed E-state index contributed by atoms with van der Waals surface area (Å²) < 4.78 is 0. The number of halogens is 1. The largest absolute Gasteiger partial charge is 1.00 e. The van der Waals surface area contributed by atoms with Crippen LogP contribution in [0, 0.1) is 0 Å². The van der Waals surface area contributed by atoms with Crippen molar-refractivity contribution in [3.8, 4) is 0 Å². The molecule has 6 aromatic rings. The number of rotatable bonds is 6. The molecule has 3 heteroatoms. The van der Waals surface area contributed by atoms with Crippen LogP contribution in [0.5, 0.6) is 0 Å². The molecule has 0 aliphatic rings. The second kappa shape index (κ2) is 13.9. The van der Waals surface area contributed by atoms with Gasteiger partial charge in [-0.1, -0.05) is 137 Å². The minimum absolute atomic E-state index is 0. The maximum absolute atomic E-state index is 2.23. The summed E-state index contributed by atoms with van der Waals surface area (Å²) in [6.45, 7) is 0. The highest BCUT2D eigenvalue weighted by molar-refractivity contribution is 7.80. The highest BCUT2D eigenvalue weighted by atomic mass is 35.5. The van der Waals surface area contributed by atoms with E-state index in [-0.39, 0.29) is 12.4 Å². The van der Waals surface area contributed by atoms with Gasteiger partial charge in [-0.15, -0.1) is 0 Å². The Hall–Kier alpha value is -3.27. The van der Waals surface area contributed by atoms with Crippen molar-refractivity contribution in [1.82, 2.24) is 0 Å². The van der Waals surface area contributed by atoms with Crippen molar-refractivity contribution < 1.29 is 12.4 Å². The summed E-state index contributed by atoms with van der Waals surface area (Å²) in [6.07, 6.45) is 0. The lowest BCUT2D eigenvalue weighted by atomic mass is 10.4. The molecule has 0 bridgehead atoms. The average Bonchev–Trinajstić information content (AvgIpc) is 3.68. The summed E-state index contributed by atoms with van der Waals surface area (Å²) in [5, 5.41) is 8.47. The van der Waals surface area contributed by atoms with Gasteiger partial charge >= 0.3 is 0 Å². The summed E-state index contributed by atoms with van der Waals surface area (Å²) in [4.78, 5) is 0. The third kappa shape index (κ3) is 6.94. The van der Waals surface area contributed by atoms with Crippen molar-refractivity contribution >= 4 is 47.7 Å². The third-order valence-corrected chi connectivity index (χ3v) is 10.8. The minimum Gasteiger partial charge on any atom is -1.00 e. The Bertz CT molecular complexity index is 1210. The van der Waals surface area contributed by atoms with Gasteiger partial charge in [-0.05, 0) is 21.2 Å². The van der Waals surface area contributed by atoms with Gasteiger partial charge in [0.05, 0.1) is 0 Å². The van der Waals surface area contributed by atoms with Gasteiger partial charge in [-0.3, -0.25) is 0 Å². The summed E-state index contributed by atoms with van der Waals surface area (Å²) >= 11 is 0. The molecule has 0 heterocycles. The van der Waals surface area contributed by atoms with Crippen LogP contribution in [0.2, 0.25) is 0 Å². The van der Waals surface area contributed by atoms with Crippen LogP contribution in [-0.2, 0) is 0 Å². The smallest absolute Gasteiger partial charge is 0.0278 e. The zero-order chi connectivity index (χ0) is 24.4. The maximum Gasteiger partial charge on any atom is -0.0278 e. The van der Waals surface area contributed by atoms with Crippen LogP contribution in [0.4, 0.5) is 0 Å². The lowest BCUT2D eigenvalue weighted by Crippen LogP contribution is -3.00. The van der Waals surface area contributed by atoms with E-state index in [9.17, 15) is 0 Å². The number of hydrogen-bond acceptors (Lipinski definition) is 0. The molecule has 0 N–H and O–H groups in total. The van der Waals surface area contributed by atoms with Crippen molar-refractivity contribution in [1.29, 1.82) is 0 Å². The number of hydrogen-bond donors (Lipinski definition) is 0. The molecule has 0 fully saturated rings. The van der Waals surface area contributed by atoms with E-state index in [0.29, 0.717) is 0 Å². The zero-order valence-electron chi connectivity index (χ0n) is 20.4. The van der Waals surface area contributed by atoms with E-state index in [1.165, 1.54) is 31.8 Å². The monoisotopic (exact) mass is 533 g/mol. The molecule has 0 saturated heterocycles. The first-order valence-electron chi connectivity index (χ1n) is 12.1. The fraction of sp³-hybridized carbons (Fsp3) is 0. The topological polar surface area (TPSA) is 0 Å². The van der Waals surface area contributed by atoms with E-state index >= 15 is 0 Å². The molecule has 0 saturated carbocycles. The quantitative estimate of drug-likeness (QED) is 0.228. The van der Waals surface area contributed by atoms with Gasteiger partial charge in [0.15, 0.2) is 0 Å². The lowest BCUT2D eigenvalue weighted by molar-refractivity contribution is -0.00000673. The van der Waals surface area contributed by atoms with Crippen molar-refractivity contribution in [3.63, 3.8) is 0 Å². The molecule has 0 aliphatic heterocycles. The Kier molecular flexibility index (Phi) is 10.0. The molecule has 6 rings (SSSR count). The first kappa shape index (κ1) is 26.8. The molecule has 0 radical (unpaired) electrons. The van der Waals surface area contributed by atoms with E-state index in [2.05, 4.69) is 170 Å². The molecule has 0 amide bonds. The van der Waals surface area contributed by atoms with E-state index in [0.717, 1.165) is 0 Å². The molecule has 0 atom stereocenters. The van der Waals surface area contributed by atoms with E-state index in [1.54, 1.807) is 0 Å². The molecule has 0 spiro atoms. The molecular formula is C34H28ClP2-3. The first-order chi connectivity index (χ1) is 17.9. The van der Waals surface area contributed by atoms with Gasteiger partial charge in [-0.25, -0.2) is 12.1 Å². The highest BCUT2D eigenvalue weighted by Crippen LogP contribution is 2.33. The molecule has 0 unspecified atom stereocenters. The van der Waals surface area contributed by atoms with Crippen molar-refractivity contribution in [3.05, 3.63) is 170 Å². The fourth-order valence-corrected chi connectivity index (χ4v) is 8.84. The number of benzene rings is 4. The van der Waals surface area contributed by atoms with Gasteiger partial charge in [0.1, 0.15) is 0 Å². The van der Waals surface area contributed by atoms with Crippen LogP contribution in [0.15, 0.2) is 170 Å². The van der Waals surface area contributed by atoms with Gasteiger partial charge in [0.2, 0.25) is 0 Å². The van der Waals surface area contributed by atoms with E-state index in [1.807, 2.05) is 0 Å². The Morgan fingerprint density at radius 3 is 0.811 bits per heavy atom. The van der Waals surface area contributed by atoms with Crippen LogP contribution in [0.25, 0.3) is 0 Å². The predicted molar refractivity (Wildman–Crippen MR) is 161 cm³/mol. The molecule has 184 valence electrons. The Morgan fingerprint density at radius 1 is 0.324 bits per heavy atom. The fourth-order valence-electron chi connectivity index (χ4n) is 4.23. The third-order valence-electron chi connectivity index (χ3n) is 5.86. The van der Waals surface area contributed by atoms with Crippen LogP contribution in [0.3, 0.4) is 0 Å². The summed E-state index contributed by atoms with van der Waals surface area (Å²) in [5.74, 6) is 0. The summed E-state index contributed by atoms with van der Waals surface area (Å²) in [7, 11) is -0.818. The normalized spacial score (nSPS) is 10.4. The first-order valence-corrected chi connectivity index (χ1v) is 14.8. The molecule has 0 nitrogen and oxygen atoms in total. The van der Waals surface area contributed by atoms with Gasteiger partial charge in [0, 0.05) is 0 Å². The zero-order valence-corrected chi connectivity index (χ0v) is 23.0. The second-order valence-corrected chi connectivity index (χ2v) is 12.7. The predicted octanol–water partition coefficient (Wildman–Crippen LogP) is 3.33. The van der Waals surface area contributed by atoms with E-state index in [4.69, 9.17) is 0 Å². The van der Waals surface area contributed by atoms with Crippen molar-refractivity contribution in [2.24, 2.45) is 0 Å². The summed E-state index contributed by atoms with van der Waals surface area (Å²) in [6, 6.07) is 60.5. The van der Waals surface area contributed by atoms with Gasteiger partial charge < -0.3 is 12.4 Å². The summed E-state index contributed by atoms with van der Waals surface area (Å²) in [5.41, 5.74) is 0. The Labute approximate surface area is 229 Å². The second-order valence-electron chi connectivity index (χ2n) is 8.30. The van der Waals surface area contributed by atoms with Crippen LogP contribution in [-0.4, -0.2) is 0 Å². The van der Waals surface area contributed by atoms with Crippen LogP contribution in [0.1, 0.15) is 0 Å². The lowest BCUT2D eigenvalue weighted by Gasteiger charge is -2.23. The molecule has 6 aromatic carbocycles. The van der Waals surface area contributed by atoms with Crippen molar-refractivity contribution in [2.45, 2.75) is 0 Å². The van der Waals surface area contributed by atoms with Crippen LogP contribution < -0.4 is 44.2 Å². The van der Waals surface area contributed by atoms with Gasteiger partial charge in [0.25, 0.3) is 0 Å². The molecular weight excluding hydrogens is 506 g/mol.